The van der Waals surface area contributed by atoms with Gasteiger partial charge in [0.25, 0.3) is 0 Å². The van der Waals surface area contributed by atoms with Crippen LogP contribution in [0.5, 0.6) is 0 Å². The number of fused-ring (bicyclic) bond motifs is 1. The molecule has 6 heteroatoms. The standard InChI is InChI=1S/C22H24N4O2/c27-21(24-19-14-28-13-17(19)11-15-7-9-23-10-8-15)12-26-20-4-2-1-3-18(20)25-22(26)16-5-6-16/h1-4,7-10,16-17,19H,5-6,11-14H2,(H,24,27)/t17-,19-/m1/s1. The molecule has 1 aromatic carbocycles. The Kier molecular flexibility index (Phi) is 4.56. The molecule has 1 saturated carbocycles. The predicted octanol–water partition coefficient (Wildman–Crippen LogP) is 2.68. The molecule has 6 nitrogen and oxygen atoms in total. The van der Waals surface area contributed by atoms with E-state index in [2.05, 4.69) is 14.9 Å². The molecule has 1 amide bonds. The van der Waals surface area contributed by atoms with Crippen molar-refractivity contribution in [2.75, 3.05) is 13.2 Å². The van der Waals surface area contributed by atoms with E-state index in [9.17, 15) is 4.79 Å². The molecule has 0 unspecified atom stereocenters. The predicted molar refractivity (Wildman–Crippen MR) is 106 cm³/mol. The molecule has 3 heterocycles. The van der Waals surface area contributed by atoms with Gasteiger partial charge in [-0.1, -0.05) is 12.1 Å². The highest BCUT2D eigenvalue weighted by molar-refractivity contribution is 5.81. The first-order valence-electron chi connectivity index (χ1n) is 9.99. The first-order valence-corrected chi connectivity index (χ1v) is 9.99. The van der Waals surface area contributed by atoms with Crippen LogP contribution < -0.4 is 5.32 Å². The van der Waals surface area contributed by atoms with Crippen molar-refractivity contribution in [3.8, 4) is 0 Å². The molecular formula is C22H24N4O2. The number of para-hydroxylation sites is 2. The first kappa shape index (κ1) is 17.4. The maximum atomic E-state index is 12.9. The monoisotopic (exact) mass is 376 g/mol. The molecule has 2 atom stereocenters. The number of benzene rings is 1. The highest BCUT2D eigenvalue weighted by Crippen LogP contribution is 2.40. The molecule has 2 aromatic heterocycles. The van der Waals surface area contributed by atoms with Crippen molar-refractivity contribution in [2.45, 2.75) is 37.8 Å². The molecule has 0 spiro atoms. The topological polar surface area (TPSA) is 69.0 Å². The van der Waals surface area contributed by atoms with E-state index < -0.39 is 0 Å². The average Bonchev–Trinajstić information content (AvgIpc) is 3.38. The Balaban J connectivity index is 1.30. The van der Waals surface area contributed by atoms with Crippen molar-refractivity contribution in [2.24, 2.45) is 5.92 Å². The second kappa shape index (κ2) is 7.36. The number of amides is 1. The summed E-state index contributed by atoms with van der Waals surface area (Å²) in [6.07, 6.45) is 6.82. The lowest BCUT2D eigenvalue weighted by Gasteiger charge is -2.20. The van der Waals surface area contributed by atoms with E-state index in [1.165, 1.54) is 5.56 Å². The van der Waals surface area contributed by atoms with Gasteiger partial charge in [0.15, 0.2) is 0 Å². The Bertz CT molecular complexity index is 981. The van der Waals surface area contributed by atoms with Gasteiger partial charge in [-0.25, -0.2) is 4.98 Å². The Morgan fingerprint density at radius 1 is 1.14 bits per heavy atom. The number of ether oxygens (including phenoxy) is 1. The van der Waals surface area contributed by atoms with Crippen LogP contribution in [0.2, 0.25) is 0 Å². The second-order valence-electron chi connectivity index (χ2n) is 7.85. The van der Waals surface area contributed by atoms with Gasteiger partial charge in [0.05, 0.1) is 30.3 Å². The number of carbonyl (C=O) groups excluding carboxylic acids is 1. The van der Waals surface area contributed by atoms with Gasteiger partial charge >= 0.3 is 0 Å². The summed E-state index contributed by atoms with van der Waals surface area (Å²) < 4.78 is 7.76. The van der Waals surface area contributed by atoms with E-state index in [1.807, 2.05) is 48.8 Å². The fraction of sp³-hybridized carbons (Fsp3) is 0.409. The van der Waals surface area contributed by atoms with Gasteiger partial charge < -0.3 is 14.6 Å². The Morgan fingerprint density at radius 2 is 1.96 bits per heavy atom. The van der Waals surface area contributed by atoms with E-state index >= 15 is 0 Å². The number of hydrogen-bond donors (Lipinski definition) is 1. The second-order valence-corrected chi connectivity index (χ2v) is 7.85. The van der Waals surface area contributed by atoms with Crippen molar-refractivity contribution in [3.05, 3.63) is 60.2 Å². The van der Waals surface area contributed by atoms with Crippen LogP contribution in [0, 0.1) is 5.92 Å². The summed E-state index contributed by atoms with van der Waals surface area (Å²) in [5, 5.41) is 3.21. The Hall–Kier alpha value is -2.73. The zero-order valence-electron chi connectivity index (χ0n) is 15.8. The summed E-state index contributed by atoms with van der Waals surface area (Å²) in [5.74, 6) is 1.86. The van der Waals surface area contributed by atoms with E-state index in [-0.39, 0.29) is 17.9 Å². The molecule has 144 valence electrons. The van der Waals surface area contributed by atoms with Gasteiger partial charge in [-0.15, -0.1) is 0 Å². The minimum absolute atomic E-state index is 0.0280. The quantitative estimate of drug-likeness (QED) is 0.718. The molecule has 2 fully saturated rings. The van der Waals surface area contributed by atoms with Gasteiger partial charge in [-0.05, 0) is 49.1 Å². The molecule has 28 heavy (non-hydrogen) atoms. The van der Waals surface area contributed by atoms with Crippen LogP contribution in [0.1, 0.15) is 30.1 Å². The molecule has 1 aliphatic heterocycles. The average molecular weight is 376 g/mol. The molecule has 1 aliphatic carbocycles. The van der Waals surface area contributed by atoms with Crippen LogP contribution in [-0.4, -0.2) is 39.7 Å². The third kappa shape index (κ3) is 3.52. The van der Waals surface area contributed by atoms with Crippen molar-refractivity contribution >= 4 is 16.9 Å². The van der Waals surface area contributed by atoms with Crippen LogP contribution in [0.3, 0.4) is 0 Å². The summed E-state index contributed by atoms with van der Waals surface area (Å²) in [7, 11) is 0. The van der Waals surface area contributed by atoms with Gasteiger partial charge in [0.1, 0.15) is 12.4 Å². The van der Waals surface area contributed by atoms with Gasteiger partial charge in [-0.3, -0.25) is 9.78 Å². The number of hydrogen-bond acceptors (Lipinski definition) is 4. The van der Waals surface area contributed by atoms with Crippen molar-refractivity contribution in [1.82, 2.24) is 19.9 Å². The molecule has 1 N–H and O–H groups in total. The van der Waals surface area contributed by atoms with Gasteiger partial charge in [-0.2, -0.15) is 0 Å². The number of imidazole rings is 1. The fourth-order valence-electron chi connectivity index (χ4n) is 4.09. The highest BCUT2D eigenvalue weighted by atomic mass is 16.5. The molecule has 5 rings (SSSR count). The number of carbonyl (C=O) groups is 1. The number of aromatic nitrogens is 3. The van der Waals surface area contributed by atoms with Crippen molar-refractivity contribution < 1.29 is 9.53 Å². The smallest absolute Gasteiger partial charge is 0.240 e. The molecule has 0 radical (unpaired) electrons. The van der Waals surface area contributed by atoms with Gasteiger partial charge in [0.2, 0.25) is 5.91 Å². The summed E-state index contributed by atoms with van der Waals surface area (Å²) in [4.78, 5) is 21.7. The van der Waals surface area contributed by atoms with Crippen LogP contribution in [-0.2, 0) is 22.5 Å². The Morgan fingerprint density at radius 3 is 2.79 bits per heavy atom. The minimum Gasteiger partial charge on any atom is -0.379 e. The third-order valence-corrected chi connectivity index (χ3v) is 5.72. The summed E-state index contributed by atoms with van der Waals surface area (Å²) >= 11 is 0. The zero-order valence-corrected chi connectivity index (χ0v) is 15.8. The zero-order chi connectivity index (χ0) is 18.9. The van der Waals surface area contributed by atoms with Crippen LogP contribution in [0.4, 0.5) is 0 Å². The summed E-state index contributed by atoms with van der Waals surface area (Å²) in [6, 6.07) is 12.2. The molecule has 3 aromatic rings. The lowest BCUT2D eigenvalue weighted by molar-refractivity contribution is -0.122. The van der Waals surface area contributed by atoms with Crippen LogP contribution in [0.15, 0.2) is 48.8 Å². The molecular weight excluding hydrogens is 352 g/mol. The minimum atomic E-state index is 0.0280. The highest BCUT2D eigenvalue weighted by Gasteiger charge is 2.32. The van der Waals surface area contributed by atoms with E-state index in [4.69, 9.17) is 9.72 Å². The van der Waals surface area contributed by atoms with Gasteiger partial charge in [0, 0.05) is 24.2 Å². The lowest BCUT2D eigenvalue weighted by atomic mass is 9.95. The molecule has 0 bridgehead atoms. The van der Waals surface area contributed by atoms with E-state index in [1.54, 1.807) is 0 Å². The molecule has 2 aliphatic rings. The maximum absolute atomic E-state index is 12.9. The first-order chi connectivity index (χ1) is 13.8. The van der Waals surface area contributed by atoms with E-state index in [0.717, 1.165) is 36.1 Å². The number of pyridine rings is 1. The largest absolute Gasteiger partial charge is 0.379 e. The third-order valence-electron chi connectivity index (χ3n) is 5.72. The normalized spacial score (nSPS) is 21.9. The van der Waals surface area contributed by atoms with E-state index in [0.29, 0.717) is 25.7 Å². The van der Waals surface area contributed by atoms with Crippen molar-refractivity contribution in [3.63, 3.8) is 0 Å². The number of rotatable bonds is 6. The fourth-order valence-corrected chi connectivity index (χ4v) is 4.09. The van der Waals surface area contributed by atoms with Crippen molar-refractivity contribution in [1.29, 1.82) is 0 Å². The molecule has 1 saturated heterocycles. The summed E-state index contributed by atoms with van der Waals surface area (Å²) in [5.41, 5.74) is 3.23. The van der Waals surface area contributed by atoms with Crippen LogP contribution >= 0.6 is 0 Å². The number of nitrogens with one attached hydrogen (secondary N) is 1. The SMILES string of the molecule is O=C(Cn1c(C2CC2)nc2ccccc21)N[C@@H]1COC[C@H]1Cc1ccncc1. The lowest BCUT2D eigenvalue weighted by Crippen LogP contribution is -2.42. The van der Waals surface area contributed by atoms with Crippen LogP contribution in [0.25, 0.3) is 11.0 Å². The Labute approximate surface area is 163 Å². The summed E-state index contributed by atoms with van der Waals surface area (Å²) in [6.45, 7) is 1.56. The maximum Gasteiger partial charge on any atom is 0.240 e. The number of nitrogens with zero attached hydrogens (tertiary/aromatic N) is 3.